The molecule has 2 aromatic rings. The van der Waals surface area contributed by atoms with Gasteiger partial charge in [0.25, 0.3) is 17.5 Å². The monoisotopic (exact) mass is 445 g/mol. The predicted molar refractivity (Wildman–Crippen MR) is 112 cm³/mol. The van der Waals surface area contributed by atoms with Crippen LogP contribution in [0.5, 0.6) is 0 Å². The average molecular weight is 446 g/mol. The molecule has 0 saturated carbocycles. The minimum Gasteiger partial charge on any atom is -0.301 e. The van der Waals surface area contributed by atoms with Crippen molar-refractivity contribution in [3.8, 4) is 0 Å². The van der Waals surface area contributed by atoms with E-state index in [-0.39, 0.29) is 16.4 Å². The van der Waals surface area contributed by atoms with E-state index in [2.05, 4.69) is 15.8 Å². The highest BCUT2D eigenvalue weighted by Gasteiger charge is 2.38. The number of nitro groups is 1. The van der Waals surface area contributed by atoms with Crippen LogP contribution in [-0.2, 0) is 9.59 Å². The molecule has 3 amide bonds. The Bertz CT molecular complexity index is 1090. The maximum atomic E-state index is 12.8. The third kappa shape index (κ3) is 4.47. The number of nitro benzene ring substituents is 1. The van der Waals surface area contributed by atoms with Gasteiger partial charge in [-0.25, -0.2) is 5.43 Å². The summed E-state index contributed by atoms with van der Waals surface area (Å²) >= 11 is 10.9. The fraction of sp³-hybridized carbons (Fsp3) is 0.0556. The number of carbonyl (C=O) groups is 3. The average Bonchev–Trinajstić information content (AvgIpc) is 2.71. The van der Waals surface area contributed by atoms with Gasteiger partial charge >= 0.3 is 0 Å². The van der Waals surface area contributed by atoms with Crippen molar-refractivity contribution in [1.82, 2.24) is 10.7 Å². The molecule has 12 heteroatoms. The number of amides is 3. The largest absolute Gasteiger partial charge is 0.301 e. The zero-order valence-electron chi connectivity index (χ0n) is 14.9. The van der Waals surface area contributed by atoms with Gasteiger partial charge in [0.1, 0.15) is 0 Å². The summed E-state index contributed by atoms with van der Waals surface area (Å²) in [6.45, 7) is 0. The molecule has 30 heavy (non-hydrogen) atoms. The first-order valence-corrected chi connectivity index (χ1v) is 9.09. The van der Waals surface area contributed by atoms with E-state index in [1.165, 1.54) is 18.2 Å². The lowest BCUT2D eigenvalue weighted by molar-refractivity contribution is -0.384. The zero-order valence-corrected chi connectivity index (χ0v) is 16.5. The molecule has 0 unspecified atom stereocenters. The lowest BCUT2D eigenvalue weighted by Crippen LogP contribution is -2.58. The van der Waals surface area contributed by atoms with Gasteiger partial charge in [-0.05, 0) is 42.5 Å². The quantitative estimate of drug-likeness (QED) is 0.238. The number of hydrogen-bond acceptors (Lipinski definition) is 7. The summed E-state index contributed by atoms with van der Waals surface area (Å²) in [5.74, 6) is -3.47. The molecule has 3 rings (SSSR count). The molecule has 2 aromatic carbocycles. The van der Waals surface area contributed by atoms with Gasteiger partial charge in [0.15, 0.2) is 11.0 Å². The molecule has 1 fully saturated rings. The van der Waals surface area contributed by atoms with Gasteiger partial charge in [-0.2, -0.15) is 5.10 Å². The molecule has 1 aliphatic heterocycles. The van der Waals surface area contributed by atoms with Crippen molar-refractivity contribution < 1.29 is 19.3 Å². The van der Waals surface area contributed by atoms with Crippen LogP contribution < -0.4 is 15.6 Å². The van der Waals surface area contributed by atoms with Gasteiger partial charge in [-0.1, -0.05) is 17.7 Å². The summed E-state index contributed by atoms with van der Waals surface area (Å²) in [5.41, 5.74) is 2.26. The molecule has 0 radical (unpaired) electrons. The van der Waals surface area contributed by atoms with Crippen molar-refractivity contribution in [2.24, 2.45) is 11.0 Å². The smallest absolute Gasteiger partial charge is 0.271 e. The lowest BCUT2D eigenvalue weighted by atomic mass is 10.1. The van der Waals surface area contributed by atoms with E-state index in [9.17, 15) is 24.5 Å². The molecule has 2 N–H and O–H groups in total. The van der Waals surface area contributed by atoms with Crippen molar-refractivity contribution >= 4 is 64.2 Å². The Labute approximate surface area is 179 Å². The molecular weight excluding hydrogens is 434 g/mol. The van der Waals surface area contributed by atoms with Crippen LogP contribution in [0, 0.1) is 16.0 Å². The minimum atomic E-state index is -1.35. The summed E-state index contributed by atoms with van der Waals surface area (Å²) in [4.78, 5) is 48.3. The number of halogens is 1. The molecule has 0 spiro atoms. The van der Waals surface area contributed by atoms with Crippen LogP contribution in [0.15, 0.2) is 53.6 Å². The number of rotatable bonds is 5. The molecule has 10 nitrogen and oxygen atoms in total. The van der Waals surface area contributed by atoms with Crippen LogP contribution in [-0.4, -0.2) is 34.0 Å². The molecule has 1 saturated heterocycles. The number of carbonyl (C=O) groups excluding carboxylic acids is 3. The fourth-order valence-corrected chi connectivity index (χ4v) is 2.97. The van der Waals surface area contributed by atoms with E-state index < -0.39 is 28.6 Å². The van der Waals surface area contributed by atoms with Crippen LogP contribution in [0.1, 0.15) is 10.4 Å². The van der Waals surface area contributed by atoms with E-state index >= 15 is 0 Å². The molecule has 0 aliphatic carbocycles. The number of non-ortho nitro benzene ring substituents is 1. The van der Waals surface area contributed by atoms with E-state index in [4.69, 9.17) is 23.8 Å². The summed E-state index contributed by atoms with van der Waals surface area (Å²) < 4.78 is 0. The van der Waals surface area contributed by atoms with Crippen molar-refractivity contribution in [3.63, 3.8) is 0 Å². The summed E-state index contributed by atoms with van der Waals surface area (Å²) in [6, 6.07) is 11.3. The molecule has 1 atom stereocenters. The maximum absolute atomic E-state index is 12.8. The van der Waals surface area contributed by atoms with Crippen LogP contribution in [0.3, 0.4) is 0 Å². The van der Waals surface area contributed by atoms with Gasteiger partial charge < -0.3 is 5.32 Å². The summed E-state index contributed by atoms with van der Waals surface area (Å²) in [7, 11) is 0. The number of hydrogen-bond donors (Lipinski definition) is 2. The number of benzene rings is 2. The first kappa shape index (κ1) is 21.0. The first-order chi connectivity index (χ1) is 14.3. The highest BCUT2D eigenvalue weighted by atomic mass is 35.5. The standard InChI is InChI=1S/C18H12ClN5O5S/c19-11-4-6-12(7-5-11)23-17(27)14(16(26)21-18(23)30)9-20-22-15(25)10-2-1-3-13(8-10)24(28)29/h1-9,14H,(H,22,25)(H,21,26,30)/b20-9-/t14-/m0/s1. The Morgan fingerprint density at radius 3 is 2.63 bits per heavy atom. The summed E-state index contributed by atoms with van der Waals surface area (Å²) in [6.07, 6.45) is 0.956. The maximum Gasteiger partial charge on any atom is 0.271 e. The van der Waals surface area contributed by atoms with Gasteiger partial charge in [0, 0.05) is 28.9 Å². The normalized spacial score (nSPS) is 16.5. The van der Waals surface area contributed by atoms with Crippen molar-refractivity contribution in [3.05, 3.63) is 69.2 Å². The highest BCUT2D eigenvalue weighted by molar-refractivity contribution is 7.80. The molecule has 0 aromatic heterocycles. The second kappa shape index (κ2) is 8.76. The van der Waals surface area contributed by atoms with Gasteiger partial charge in [-0.3, -0.25) is 29.4 Å². The van der Waals surface area contributed by atoms with Crippen molar-refractivity contribution in [2.75, 3.05) is 4.90 Å². The van der Waals surface area contributed by atoms with E-state index in [0.717, 1.165) is 17.2 Å². The second-order valence-corrected chi connectivity index (χ2v) is 6.77. The van der Waals surface area contributed by atoms with Crippen LogP contribution >= 0.6 is 23.8 Å². The van der Waals surface area contributed by atoms with Crippen LogP contribution in [0.4, 0.5) is 11.4 Å². The Hall–Kier alpha value is -3.70. The minimum absolute atomic E-state index is 0.00950. The van der Waals surface area contributed by atoms with Gasteiger partial charge in [0.2, 0.25) is 5.91 Å². The Kier molecular flexibility index (Phi) is 6.14. The van der Waals surface area contributed by atoms with E-state index in [1.807, 2.05) is 0 Å². The number of hydrazone groups is 1. The third-order valence-electron chi connectivity index (χ3n) is 4.00. The highest BCUT2D eigenvalue weighted by Crippen LogP contribution is 2.22. The van der Waals surface area contributed by atoms with Gasteiger partial charge in [0.05, 0.1) is 10.6 Å². The predicted octanol–water partition coefficient (Wildman–Crippen LogP) is 2.03. The Balaban J connectivity index is 1.74. The fourth-order valence-electron chi connectivity index (χ4n) is 2.55. The van der Waals surface area contributed by atoms with E-state index in [0.29, 0.717) is 10.7 Å². The SMILES string of the molecule is O=C(N/N=C\[C@H]1C(=O)NC(=S)N(c2ccc(Cl)cc2)C1=O)c1cccc([N+](=O)[O-])c1. The number of thiocarbonyl (C=S) groups is 1. The topological polar surface area (TPSA) is 134 Å². The molecule has 1 aliphatic rings. The molecular formula is C18H12ClN5O5S. The van der Waals surface area contributed by atoms with Gasteiger partial charge in [-0.15, -0.1) is 0 Å². The number of nitrogens with one attached hydrogen (secondary N) is 2. The second-order valence-electron chi connectivity index (χ2n) is 5.95. The van der Waals surface area contributed by atoms with E-state index in [1.54, 1.807) is 24.3 Å². The van der Waals surface area contributed by atoms with Crippen molar-refractivity contribution in [2.45, 2.75) is 0 Å². The Morgan fingerprint density at radius 2 is 1.97 bits per heavy atom. The molecule has 152 valence electrons. The van der Waals surface area contributed by atoms with Crippen molar-refractivity contribution in [1.29, 1.82) is 0 Å². The van der Waals surface area contributed by atoms with Crippen LogP contribution in [0.2, 0.25) is 5.02 Å². The third-order valence-corrected chi connectivity index (χ3v) is 4.53. The number of anilines is 1. The number of nitrogens with zero attached hydrogens (tertiary/aromatic N) is 3. The zero-order chi connectivity index (χ0) is 21.8. The lowest BCUT2D eigenvalue weighted by Gasteiger charge is -2.30. The first-order valence-electron chi connectivity index (χ1n) is 8.30. The molecule has 0 bridgehead atoms. The molecule has 1 heterocycles. The van der Waals surface area contributed by atoms with Crippen LogP contribution in [0.25, 0.3) is 0 Å². The Morgan fingerprint density at radius 1 is 1.27 bits per heavy atom. The summed E-state index contributed by atoms with van der Waals surface area (Å²) in [5, 5.41) is 17.2.